The maximum absolute atomic E-state index is 12.3. The summed E-state index contributed by atoms with van der Waals surface area (Å²) in [7, 11) is 1.24. The van der Waals surface area contributed by atoms with Gasteiger partial charge in [0.05, 0.1) is 28.2 Å². The molecule has 0 saturated carbocycles. The number of hydrogen-bond acceptors (Lipinski definition) is 9. The molecule has 2 N–H and O–H groups in total. The van der Waals surface area contributed by atoms with Crippen LogP contribution in [-0.4, -0.2) is 33.9 Å². The van der Waals surface area contributed by atoms with Gasteiger partial charge in [0.25, 0.3) is 5.91 Å². The number of carbonyl (C=O) groups excluding carboxylic acids is 2. The largest absolute Gasteiger partial charge is 0.465 e. The van der Waals surface area contributed by atoms with Crippen molar-refractivity contribution in [3.05, 3.63) is 80.1 Å². The number of nitro groups is 1. The summed E-state index contributed by atoms with van der Waals surface area (Å²) in [6, 6.07) is 9.90. The number of ether oxygens (including phenoxy) is 2. The predicted octanol–water partition coefficient (Wildman–Crippen LogP) is 4.03. The van der Waals surface area contributed by atoms with Gasteiger partial charge in [-0.3, -0.25) is 25.8 Å². The smallest absolute Gasteiger partial charge is 0.374 e. The summed E-state index contributed by atoms with van der Waals surface area (Å²) in [5.74, 6) is -1.78. The molecular weight excluding hydrogens is 465 g/mol. The number of halogens is 2. The lowest BCUT2D eigenvalue weighted by Gasteiger charge is -2.11. The highest BCUT2D eigenvalue weighted by atomic mass is 35.5. The molecule has 2 aromatic carbocycles. The normalized spacial score (nSPS) is 10.2. The van der Waals surface area contributed by atoms with E-state index in [9.17, 15) is 19.7 Å². The van der Waals surface area contributed by atoms with Crippen LogP contribution < -0.4 is 15.6 Å². The number of nitrogens with zero attached hydrogens (tertiary/aromatic N) is 3. The lowest BCUT2D eigenvalue weighted by atomic mass is 10.2. The van der Waals surface area contributed by atoms with Crippen LogP contribution in [0, 0.1) is 10.1 Å². The summed E-state index contributed by atoms with van der Waals surface area (Å²) in [6.07, 6.45) is 1.01. The molecule has 1 aromatic heterocycles. The monoisotopic (exact) mass is 477 g/mol. The number of hydrazine groups is 1. The van der Waals surface area contributed by atoms with Gasteiger partial charge < -0.3 is 9.47 Å². The lowest BCUT2D eigenvalue weighted by Crippen LogP contribution is -2.30. The molecule has 0 fully saturated rings. The first-order valence-electron chi connectivity index (χ1n) is 8.67. The van der Waals surface area contributed by atoms with Crippen LogP contribution in [0.4, 0.5) is 11.5 Å². The fourth-order valence-electron chi connectivity index (χ4n) is 2.44. The maximum Gasteiger partial charge on any atom is 0.374 e. The molecule has 0 spiro atoms. The first kappa shape index (κ1) is 22.7. The van der Waals surface area contributed by atoms with Gasteiger partial charge in [-0.2, -0.15) is 4.98 Å². The highest BCUT2D eigenvalue weighted by Crippen LogP contribution is 2.33. The van der Waals surface area contributed by atoms with Gasteiger partial charge in [-0.15, -0.1) is 0 Å². The van der Waals surface area contributed by atoms with E-state index >= 15 is 0 Å². The number of hydrogen-bond donors (Lipinski definition) is 2. The Labute approximate surface area is 190 Å². The first-order chi connectivity index (χ1) is 15.3. The molecule has 0 aliphatic heterocycles. The second-order valence-corrected chi connectivity index (χ2v) is 6.80. The zero-order valence-corrected chi connectivity index (χ0v) is 17.7. The Kier molecular flexibility index (Phi) is 7.03. The molecule has 3 rings (SSSR count). The van der Waals surface area contributed by atoms with E-state index in [0.29, 0.717) is 5.02 Å². The molecule has 3 aromatic rings. The molecule has 0 atom stereocenters. The third kappa shape index (κ3) is 5.20. The van der Waals surface area contributed by atoms with Crippen LogP contribution in [-0.2, 0) is 4.74 Å². The SMILES string of the molecule is COC(=O)c1ccc(Oc2ncnc(NNC(=O)c3ccc(Cl)cc3Cl)c2[N+](=O)[O-])cc1. The fourth-order valence-corrected chi connectivity index (χ4v) is 2.93. The van der Waals surface area contributed by atoms with Crippen LogP contribution in [0.2, 0.25) is 10.0 Å². The molecule has 0 bridgehead atoms. The fraction of sp³-hybridized carbons (Fsp3) is 0.0526. The number of amides is 1. The average molecular weight is 478 g/mol. The molecule has 0 unspecified atom stereocenters. The number of methoxy groups -OCH3 is 1. The zero-order valence-electron chi connectivity index (χ0n) is 16.2. The van der Waals surface area contributed by atoms with E-state index in [-0.39, 0.29) is 27.7 Å². The molecule has 0 aliphatic rings. The summed E-state index contributed by atoms with van der Waals surface area (Å²) in [5.41, 5.74) is 4.36. The zero-order chi connectivity index (χ0) is 23.3. The molecule has 0 saturated heterocycles. The van der Waals surface area contributed by atoms with Crippen molar-refractivity contribution in [2.75, 3.05) is 12.5 Å². The number of esters is 1. The summed E-state index contributed by atoms with van der Waals surface area (Å²) >= 11 is 11.8. The predicted molar refractivity (Wildman–Crippen MR) is 114 cm³/mol. The van der Waals surface area contributed by atoms with Gasteiger partial charge in [-0.05, 0) is 42.5 Å². The van der Waals surface area contributed by atoms with Crippen molar-refractivity contribution in [3.63, 3.8) is 0 Å². The molecule has 13 heteroatoms. The van der Waals surface area contributed by atoms with Crippen LogP contribution in [0.15, 0.2) is 48.8 Å². The Morgan fingerprint density at radius 1 is 1.09 bits per heavy atom. The molecule has 0 radical (unpaired) electrons. The molecule has 1 amide bonds. The molecule has 0 aliphatic carbocycles. The van der Waals surface area contributed by atoms with E-state index in [2.05, 4.69) is 25.6 Å². The van der Waals surface area contributed by atoms with Crippen molar-refractivity contribution < 1.29 is 24.0 Å². The Hall–Kier alpha value is -3.96. The molecule has 1 heterocycles. The van der Waals surface area contributed by atoms with Gasteiger partial charge in [-0.1, -0.05) is 23.2 Å². The topological polar surface area (TPSA) is 146 Å². The van der Waals surface area contributed by atoms with E-state index in [1.54, 1.807) is 0 Å². The standard InChI is InChI=1S/C19H13Cl2N5O6/c1-31-19(28)10-2-5-12(6-3-10)32-18-15(26(29)30)16(22-9-23-18)24-25-17(27)13-7-4-11(20)8-14(13)21/h2-9H,1H3,(H,25,27)(H,22,23,24). The van der Waals surface area contributed by atoms with E-state index in [1.165, 1.54) is 49.6 Å². The molecule has 11 nitrogen and oxygen atoms in total. The summed E-state index contributed by atoms with van der Waals surface area (Å²) in [5, 5.41) is 12.0. The van der Waals surface area contributed by atoms with E-state index < -0.39 is 28.4 Å². The van der Waals surface area contributed by atoms with Crippen molar-refractivity contribution >= 4 is 46.6 Å². The minimum absolute atomic E-state index is 0.0856. The number of anilines is 1. The van der Waals surface area contributed by atoms with Crippen molar-refractivity contribution in [2.45, 2.75) is 0 Å². The van der Waals surface area contributed by atoms with Crippen LogP contribution in [0.1, 0.15) is 20.7 Å². The minimum atomic E-state index is -0.776. The van der Waals surface area contributed by atoms with Crippen molar-refractivity contribution in [1.29, 1.82) is 0 Å². The number of benzene rings is 2. The quantitative estimate of drug-likeness (QED) is 0.292. The van der Waals surface area contributed by atoms with E-state index in [4.69, 9.17) is 27.9 Å². The number of aromatic nitrogens is 2. The van der Waals surface area contributed by atoms with Crippen molar-refractivity contribution in [1.82, 2.24) is 15.4 Å². The molecule has 32 heavy (non-hydrogen) atoms. The summed E-state index contributed by atoms with van der Waals surface area (Å²) < 4.78 is 10.1. The van der Waals surface area contributed by atoms with Gasteiger partial charge in [0.15, 0.2) is 0 Å². The highest BCUT2D eigenvalue weighted by molar-refractivity contribution is 6.36. The Bertz CT molecular complexity index is 1190. The third-order valence-corrected chi connectivity index (χ3v) is 4.48. The second-order valence-electron chi connectivity index (χ2n) is 5.95. The molecular formula is C19H13Cl2N5O6. The number of nitrogens with one attached hydrogen (secondary N) is 2. The summed E-state index contributed by atoms with van der Waals surface area (Å²) in [4.78, 5) is 42.2. The third-order valence-electron chi connectivity index (χ3n) is 3.93. The number of carbonyl (C=O) groups is 2. The maximum atomic E-state index is 12.3. The van der Waals surface area contributed by atoms with Crippen molar-refractivity contribution in [3.8, 4) is 11.6 Å². The van der Waals surface area contributed by atoms with Gasteiger partial charge in [0.2, 0.25) is 5.82 Å². The van der Waals surface area contributed by atoms with Crippen LogP contribution in [0.25, 0.3) is 0 Å². The second kappa shape index (κ2) is 9.90. The van der Waals surface area contributed by atoms with E-state index in [0.717, 1.165) is 6.33 Å². The highest BCUT2D eigenvalue weighted by Gasteiger charge is 2.26. The minimum Gasteiger partial charge on any atom is -0.465 e. The molecule has 164 valence electrons. The summed E-state index contributed by atoms with van der Waals surface area (Å²) in [6.45, 7) is 0. The van der Waals surface area contributed by atoms with Crippen LogP contribution in [0.3, 0.4) is 0 Å². The Morgan fingerprint density at radius 2 is 1.81 bits per heavy atom. The number of rotatable bonds is 7. The van der Waals surface area contributed by atoms with Crippen LogP contribution in [0.5, 0.6) is 11.6 Å². The lowest BCUT2D eigenvalue weighted by molar-refractivity contribution is -0.385. The van der Waals surface area contributed by atoms with Crippen molar-refractivity contribution in [2.24, 2.45) is 0 Å². The van der Waals surface area contributed by atoms with Gasteiger partial charge in [0.1, 0.15) is 12.1 Å². The Morgan fingerprint density at radius 3 is 2.44 bits per heavy atom. The van der Waals surface area contributed by atoms with E-state index in [1.807, 2.05) is 0 Å². The van der Waals surface area contributed by atoms with Crippen LogP contribution >= 0.6 is 23.2 Å². The van der Waals surface area contributed by atoms with Gasteiger partial charge >= 0.3 is 17.5 Å². The Balaban J connectivity index is 1.81. The van der Waals surface area contributed by atoms with Gasteiger partial charge in [-0.25, -0.2) is 9.78 Å². The first-order valence-corrected chi connectivity index (χ1v) is 9.42. The average Bonchev–Trinajstić information content (AvgIpc) is 2.77. The van der Waals surface area contributed by atoms with Gasteiger partial charge in [0, 0.05) is 5.02 Å².